The van der Waals surface area contributed by atoms with E-state index in [0.717, 1.165) is 31.6 Å². The van der Waals surface area contributed by atoms with Gasteiger partial charge in [0.1, 0.15) is 0 Å². The van der Waals surface area contributed by atoms with Gasteiger partial charge in [-0.2, -0.15) is 0 Å². The van der Waals surface area contributed by atoms with Crippen LogP contribution in [0.5, 0.6) is 0 Å². The Morgan fingerprint density at radius 2 is 2.05 bits per heavy atom. The highest BCUT2D eigenvalue weighted by atomic mass is 16.4. The molecule has 2 N–H and O–H groups in total. The van der Waals surface area contributed by atoms with Crippen LogP contribution in [0.25, 0.3) is 0 Å². The van der Waals surface area contributed by atoms with E-state index >= 15 is 0 Å². The first-order valence-corrected chi connectivity index (χ1v) is 7.35. The Hall–Kier alpha value is -1.26. The summed E-state index contributed by atoms with van der Waals surface area (Å²) in [4.78, 5) is 24.8. The third kappa shape index (κ3) is 4.40. The van der Waals surface area contributed by atoms with Crippen LogP contribution in [0.15, 0.2) is 0 Å². The number of hydrogen-bond donors (Lipinski definition) is 2. The zero-order chi connectivity index (χ0) is 13.8. The highest BCUT2D eigenvalue weighted by Gasteiger charge is 2.30. The SMILES string of the molecule is CC(CC1CC1)NC(=O)N1CCCCC1CC(=O)O. The van der Waals surface area contributed by atoms with Crippen LogP contribution >= 0.6 is 0 Å². The number of carboxylic acid groups (broad SMARTS) is 1. The lowest BCUT2D eigenvalue weighted by Gasteiger charge is -2.35. The highest BCUT2D eigenvalue weighted by molar-refractivity contribution is 5.76. The first-order chi connectivity index (χ1) is 9.06. The van der Waals surface area contributed by atoms with E-state index in [-0.39, 0.29) is 24.5 Å². The summed E-state index contributed by atoms with van der Waals surface area (Å²) >= 11 is 0. The van der Waals surface area contributed by atoms with Crippen molar-refractivity contribution >= 4 is 12.0 Å². The largest absolute Gasteiger partial charge is 0.481 e. The van der Waals surface area contributed by atoms with Crippen LogP contribution in [0, 0.1) is 5.92 Å². The second-order valence-electron chi connectivity index (χ2n) is 5.97. The van der Waals surface area contributed by atoms with Crippen LogP contribution in [-0.4, -0.2) is 40.6 Å². The average Bonchev–Trinajstić information content (AvgIpc) is 3.12. The number of rotatable bonds is 5. The molecule has 2 aliphatic rings. The van der Waals surface area contributed by atoms with Crippen LogP contribution in [0.2, 0.25) is 0 Å². The Balaban J connectivity index is 1.84. The predicted octanol–water partition coefficient (Wildman–Crippen LogP) is 2.21. The van der Waals surface area contributed by atoms with Crippen molar-refractivity contribution in [3.05, 3.63) is 0 Å². The molecule has 2 rings (SSSR count). The van der Waals surface area contributed by atoms with Crippen LogP contribution in [-0.2, 0) is 4.79 Å². The maximum absolute atomic E-state index is 12.2. The van der Waals surface area contributed by atoms with Crippen molar-refractivity contribution in [3.8, 4) is 0 Å². The number of carboxylic acids is 1. The van der Waals surface area contributed by atoms with Gasteiger partial charge in [-0.05, 0) is 38.5 Å². The van der Waals surface area contributed by atoms with Gasteiger partial charge in [-0.1, -0.05) is 12.8 Å². The second kappa shape index (κ2) is 6.26. The fourth-order valence-electron chi connectivity index (χ4n) is 2.89. The number of piperidine rings is 1. The molecular formula is C14H24N2O3. The number of carbonyl (C=O) groups excluding carboxylic acids is 1. The summed E-state index contributed by atoms with van der Waals surface area (Å²) in [6.07, 6.45) is 6.46. The molecule has 0 bridgehead atoms. The van der Waals surface area contributed by atoms with E-state index in [4.69, 9.17) is 5.11 Å². The average molecular weight is 268 g/mol. The molecule has 0 aromatic heterocycles. The molecule has 5 heteroatoms. The molecule has 5 nitrogen and oxygen atoms in total. The third-order valence-electron chi connectivity index (χ3n) is 4.05. The fourth-order valence-corrected chi connectivity index (χ4v) is 2.89. The summed E-state index contributed by atoms with van der Waals surface area (Å²) in [5.41, 5.74) is 0. The third-order valence-corrected chi connectivity index (χ3v) is 4.05. The first-order valence-electron chi connectivity index (χ1n) is 7.35. The maximum atomic E-state index is 12.2. The van der Waals surface area contributed by atoms with E-state index in [1.165, 1.54) is 12.8 Å². The van der Waals surface area contributed by atoms with Crippen LogP contribution in [0.1, 0.15) is 51.9 Å². The van der Waals surface area contributed by atoms with Gasteiger partial charge in [0, 0.05) is 18.6 Å². The van der Waals surface area contributed by atoms with E-state index in [2.05, 4.69) is 5.32 Å². The molecule has 2 amide bonds. The molecule has 2 unspecified atom stereocenters. The van der Waals surface area contributed by atoms with E-state index in [9.17, 15) is 9.59 Å². The minimum absolute atomic E-state index is 0.0599. The smallest absolute Gasteiger partial charge is 0.317 e. The molecule has 108 valence electrons. The van der Waals surface area contributed by atoms with Crippen molar-refractivity contribution in [1.82, 2.24) is 10.2 Å². The van der Waals surface area contributed by atoms with Gasteiger partial charge in [0.25, 0.3) is 0 Å². The molecule has 0 radical (unpaired) electrons. The summed E-state index contributed by atoms with van der Waals surface area (Å²) in [5.74, 6) is -0.0396. The van der Waals surface area contributed by atoms with Gasteiger partial charge in [-0.15, -0.1) is 0 Å². The van der Waals surface area contributed by atoms with E-state index in [0.29, 0.717) is 6.54 Å². The Morgan fingerprint density at radius 3 is 2.68 bits per heavy atom. The Labute approximate surface area is 114 Å². The summed E-state index contributed by atoms with van der Waals surface area (Å²) in [6.45, 7) is 2.71. The number of likely N-dealkylation sites (tertiary alicyclic amines) is 1. The molecule has 0 aromatic rings. The van der Waals surface area contributed by atoms with Gasteiger partial charge in [-0.3, -0.25) is 4.79 Å². The number of amides is 2. The van der Waals surface area contributed by atoms with Crippen LogP contribution < -0.4 is 5.32 Å². The Bertz CT molecular complexity index is 342. The zero-order valence-corrected chi connectivity index (χ0v) is 11.6. The van der Waals surface area contributed by atoms with E-state index in [1.807, 2.05) is 6.92 Å². The van der Waals surface area contributed by atoms with Crippen molar-refractivity contribution in [1.29, 1.82) is 0 Å². The van der Waals surface area contributed by atoms with Crippen molar-refractivity contribution in [3.63, 3.8) is 0 Å². The van der Waals surface area contributed by atoms with Crippen molar-refractivity contribution in [2.75, 3.05) is 6.54 Å². The molecule has 2 fully saturated rings. The predicted molar refractivity (Wildman–Crippen MR) is 71.9 cm³/mol. The van der Waals surface area contributed by atoms with Crippen molar-refractivity contribution in [2.24, 2.45) is 5.92 Å². The first kappa shape index (κ1) is 14.2. The second-order valence-corrected chi connectivity index (χ2v) is 5.97. The minimum atomic E-state index is -0.823. The maximum Gasteiger partial charge on any atom is 0.317 e. The number of nitrogens with zero attached hydrogens (tertiary/aromatic N) is 1. The number of aliphatic carboxylic acids is 1. The van der Waals surface area contributed by atoms with Crippen LogP contribution in [0.4, 0.5) is 4.79 Å². The summed E-state index contributed by atoms with van der Waals surface area (Å²) < 4.78 is 0. The zero-order valence-electron chi connectivity index (χ0n) is 11.6. The number of carbonyl (C=O) groups is 2. The molecule has 0 spiro atoms. The number of hydrogen-bond acceptors (Lipinski definition) is 2. The van der Waals surface area contributed by atoms with E-state index < -0.39 is 5.97 Å². The topological polar surface area (TPSA) is 69.6 Å². The van der Waals surface area contributed by atoms with E-state index in [1.54, 1.807) is 4.90 Å². The molecule has 2 atom stereocenters. The lowest BCUT2D eigenvalue weighted by molar-refractivity contribution is -0.138. The quantitative estimate of drug-likeness (QED) is 0.803. The lowest BCUT2D eigenvalue weighted by Crippen LogP contribution is -2.51. The molecule has 1 saturated carbocycles. The fraction of sp³-hybridized carbons (Fsp3) is 0.857. The monoisotopic (exact) mass is 268 g/mol. The van der Waals surface area contributed by atoms with Crippen molar-refractivity contribution < 1.29 is 14.7 Å². The molecule has 1 saturated heterocycles. The molecule has 0 aromatic carbocycles. The standard InChI is InChI=1S/C14H24N2O3/c1-10(8-11-5-6-11)15-14(19)16-7-3-2-4-12(16)9-13(17)18/h10-12H,2-9H2,1H3,(H,15,19)(H,17,18). The minimum Gasteiger partial charge on any atom is -0.481 e. The molecule has 1 aliphatic carbocycles. The lowest BCUT2D eigenvalue weighted by atomic mass is 10.00. The summed E-state index contributed by atoms with van der Waals surface area (Å²) in [6, 6.07) is -0.0362. The summed E-state index contributed by atoms with van der Waals surface area (Å²) in [5, 5.41) is 11.9. The van der Waals surface area contributed by atoms with Gasteiger partial charge in [0.15, 0.2) is 0 Å². The highest BCUT2D eigenvalue weighted by Crippen LogP contribution is 2.33. The normalized spacial score (nSPS) is 24.9. The Morgan fingerprint density at radius 1 is 1.32 bits per heavy atom. The molecule has 1 heterocycles. The van der Waals surface area contributed by atoms with Gasteiger partial charge in [-0.25, -0.2) is 4.79 Å². The van der Waals surface area contributed by atoms with Crippen LogP contribution in [0.3, 0.4) is 0 Å². The van der Waals surface area contributed by atoms with Crippen molar-refractivity contribution in [2.45, 2.75) is 64.0 Å². The molecule has 19 heavy (non-hydrogen) atoms. The Kier molecular flexibility index (Phi) is 4.66. The number of nitrogens with one attached hydrogen (secondary N) is 1. The number of urea groups is 1. The van der Waals surface area contributed by atoms with Gasteiger partial charge in [0.05, 0.1) is 6.42 Å². The van der Waals surface area contributed by atoms with Gasteiger partial charge in [0.2, 0.25) is 0 Å². The molecule has 1 aliphatic heterocycles. The van der Waals surface area contributed by atoms with Gasteiger partial charge >= 0.3 is 12.0 Å². The molecular weight excluding hydrogens is 244 g/mol. The summed E-state index contributed by atoms with van der Waals surface area (Å²) in [7, 11) is 0. The van der Waals surface area contributed by atoms with Gasteiger partial charge < -0.3 is 15.3 Å².